The third-order valence-electron chi connectivity index (χ3n) is 3.12. The number of benzene rings is 2. The maximum Gasteiger partial charge on any atom is 0.271 e. The van der Waals surface area contributed by atoms with E-state index in [0.29, 0.717) is 17.9 Å². The molecule has 6 heteroatoms. The Morgan fingerprint density at radius 2 is 2.00 bits per heavy atom. The number of nitriles is 1. The van der Waals surface area contributed by atoms with E-state index >= 15 is 0 Å². The smallest absolute Gasteiger partial charge is 0.271 e. The molecule has 0 spiro atoms. The molecule has 0 aromatic heterocycles. The first kappa shape index (κ1) is 16.0. The number of ether oxygens (including phenoxy) is 2. The maximum absolute atomic E-state index is 10.8. The van der Waals surface area contributed by atoms with Crippen LogP contribution in [0, 0.1) is 21.4 Å². The molecule has 2 rings (SSSR count). The normalized spacial score (nSPS) is 9.74. The third-order valence-corrected chi connectivity index (χ3v) is 3.12. The van der Waals surface area contributed by atoms with Gasteiger partial charge in [0, 0.05) is 12.1 Å². The zero-order valence-corrected chi connectivity index (χ0v) is 12.5. The van der Waals surface area contributed by atoms with Crippen LogP contribution in [0.25, 0.3) is 0 Å². The van der Waals surface area contributed by atoms with Crippen LogP contribution in [-0.2, 0) is 6.42 Å². The number of non-ortho nitro benzene ring substituents is 1. The van der Waals surface area contributed by atoms with Gasteiger partial charge in [-0.3, -0.25) is 10.1 Å². The SMILES string of the molecule is C=CCc1ccc(Oc2ccc([N+](=O)[O-])cc2C#N)c(OC)c1. The molecule has 6 nitrogen and oxygen atoms in total. The Morgan fingerprint density at radius 1 is 1.26 bits per heavy atom. The number of rotatable bonds is 6. The average molecular weight is 310 g/mol. The van der Waals surface area contributed by atoms with Gasteiger partial charge in [0.1, 0.15) is 17.4 Å². The van der Waals surface area contributed by atoms with Crippen molar-refractivity contribution >= 4 is 5.69 Å². The van der Waals surface area contributed by atoms with Gasteiger partial charge in [0.2, 0.25) is 0 Å². The van der Waals surface area contributed by atoms with E-state index < -0.39 is 4.92 Å². The van der Waals surface area contributed by atoms with E-state index in [1.54, 1.807) is 12.1 Å². The number of allylic oxidation sites excluding steroid dienone is 1. The summed E-state index contributed by atoms with van der Waals surface area (Å²) in [6, 6.07) is 11.1. The molecule has 0 bridgehead atoms. The molecule has 0 heterocycles. The molecule has 0 aliphatic rings. The molecule has 0 unspecified atom stereocenters. The van der Waals surface area contributed by atoms with E-state index in [4.69, 9.17) is 14.7 Å². The molecule has 0 aliphatic carbocycles. The van der Waals surface area contributed by atoms with Crippen molar-refractivity contribution in [2.24, 2.45) is 0 Å². The topological polar surface area (TPSA) is 85.4 Å². The second-order valence-corrected chi connectivity index (χ2v) is 4.63. The molecule has 23 heavy (non-hydrogen) atoms. The maximum atomic E-state index is 10.8. The summed E-state index contributed by atoms with van der Waals surface area (Å²) in [6.07, 6.45) is 2.47. The average Bonchev–Trinajstić information content (AvgIpc) is 2.56. The third kappa shape index (κ3) is 3.66. The Balaban J connectivity index is 2.37. The first-order chi connectivity index (χ1) is 11.1. The van der Waals surface area contributed by atoms with Gasteiger partial charge in [0.25, 0.3) is 5.69 Å². The highest BCUT2D eigenvalue weighted by atomic mass is 16.6. The molecule has 0 aliphatic heterocycles. The predicted molar refractivity (Wildman–Crippen MR) is 84.8 cm³/mol. The van der Waals surface area contributed by atoms with Crippen LogP contribution in [-0.4, -0.2) is 12.0 Å². The van der Waals surface area contributed by atoms with Crippen molar-refractivity contribution in [1.82, 2.24) is 0 Å². The fraction of sp³-hybridized carbons (Fsp3) is 0.118. The lowest BCUT2D eigenvalue weighted by Crippen LogP contribution is -1.95. The second-order valence-electron chi connectivity index (χ2n) is 4.63. The molecule has 2 aromatic rings. The summed E-state index contributed by atoms with van der Waals surface area (Å²) in [5, 5.41) is 19.9. The van der Waals surface area contributed by atoms with Gasteiger partial charge >= 0.3 is 0 Å². The zero-order chi connectivity index (χ0) is 16.8. The molecular weight excluding hydrogens is 296 g/mol. The summed E-state index contributed by atoms with van der Waals surface area (Å²) in [4.78, 5) is 10.2. The van der Waals surface area contributed by atoms with Crippen LogP contribution in [0.3, 0.4) is 0 Å². The Morgan fingerprint density at radius 3 is 2.61 bits per heavy atom. The number of methoxy groups -OCH3 is 1. The first-order valence-electron chi connectivity index (χ1n) is 6.73. The van der Waals surface area contributed by atoms with Gasteiger partial charge in [-0.15, -0.1) is 6.58 Å². The molecule has 2 aromatic carbocycles. The Bertz CT molecular complexity index is 794. The van der Waals surface area contributed by atoms with Crippen LogP contribution in [0.2, 0.25) is 0 Å². The quantitative estimate of drug-likeness (QED) is 0.457. The van der Waals surface area contributed by atoms with Crippen molar-refractivity contribution in [2.45, 2.75) is 6.42 Å². The minimum atomic E-state index is -0.560. The van der Waals surface area contributed by atoms with Gasteiger partial charge < -0.3 is 9.47 Å². The lowest BCUT2D eigenvalue weighted by atomic mass is 10.1. The highest BCUT2D eigenvalue weighted by molar-refractivity contribution is 5.53. The van der Waals surface area contributed by atoms with Gasteiger partial charge in [0.05, 0.1) is 12.0 Å². The molecule has 0 saturated carbocycles. The van der Waals surface area contributed by atoms with Crippen molar-refractivity contribution in [3.8, 4) is 23.3 Å². The van der Waals surface area contributed by atoms with Crippen LogP contribution in [0.15, 0.2) is 49.1 Å². The van der Waals surface area contributed by atoms with Gasteiger partial charge in [0.15, 0.2) is 11.5 Å². The molecule has 0 radical (unpaired) electrons. The van der Waals surface area contributed by atoms with E-state index in [0.717, 1.165) is 5.56 Å². The van der Waals surface area contributed by atoms with Crippen LogP contribution in [0.5, 0.6) is 17.2 Å². The minimum absolute atomic E-state index is 0.0800. The molecule has 0 saturated heterocycles. The zero-order valence-electron chi connectivity index (χ0n) is 12.5. The summed E-state index contributed by atoms with van der Waals surface area (Å²) in [5.74, 6) is 1.16. The van der Waals surface area contributed by atoms with Crippen LogP contribution >= 0.6 is 0 Å². The first-order valence-corrected chi connectivity index (χ1v) is 6.73. The van der Waals surface area contributed by atoms with E-state index in [1.807, 2.05) is 18.2 Å². The Labute approximate surface area is 133 Å². The lowest BCUT2D eigenvalue weighted by molar-refractivity contribution is -0.384. The van der Waals surface area contributed by atoms with Crippen molar-refractivity contribution in [3.63, 3.8) is 0 Å². The van der Waals surface area contributed by atoms with Crippen LogP contribution in [0.4, 0.5) is 5.69 Å². The van der Waals surface area contributed by atoms with Crippen molar-refractivity contribution in [3.05, 3.63) is 70.3 Å². The summed E-state index contributed by atoms with van der Waals surface area (Å²) < 4.78 is 11.0. The second kappa shape index (κ2) is 7.09. The molecular formula is C17H14N2O4. The fourth-order valence-corrected chi connectivity index (χ4v) is 2.02. The van der Waals surface area contributed by atoms with E-state index in [9.17, 15) is 10.1 Å². The summed E-state index contributed by atoms with van der Waals surface area (Å²) >= 11 is 0. The number of nitro benzene ring substituents is 1. The van der Waals surface area contributed by atoms with Crippen molar-refractivity contribution < 1.29 is 14.4 Å². The monoisotopic (exact) mass is 310 g/mol. The fourth-order valence-electron chi connectivity index (χ4n) is 2.02. The van der Waals surface area contributed by atoms with Gasteiger partial charge in [-0.25, -0.2) is 0 Å². The van der Waals surface area contributed by atoms with E-state index in [-0.39, 0.29) is 17.0 Å². The molecule has 0 atom stereocenters. The van der Waals surface area contributed by atoms with Gasteiger partial charge in [-0.2, -0.15) is 5.26 Å². The summed E-state index contributed by atoms with van der Waals surface area (Å²) in [7, 11) is 1.51. The summed E-state index contributed by atoms with van der Waals surface area (Å²) in [5.41, 5.74) is 0.923. The Kier molecular flexibility index (Phi) is 4.95. The standard InChI is InChI=1S/C17H14N2O4/c1-3-4-12-5-7-16(17(9-12)22-2)23-15-8-6-14(19(20)21)10-13(15)11-18/h3,5-10H,1,4H2,2H3. The highest BCUT2D eigenvalue weighted by Gasteiger charge is 2.14. The number of nitrogens with zero attached hydrogens (tertiary/aromatic N) is 2. The van der Waals surface area contributed by atoms with Crippen LogP contribution in [0.1, 0.15) is 11.1 Å². The van der Waals surface area contributed by atoms with E-state index in [2.05, 4.69) is 6.58 Å². The lowest BCUT2D eigenvalue weighted by Gasteiger charge is -2.12. The molecule has 0 fully saturated rings. The van der Waals surface area contributed by atoms with Gasteiger partial charge in [-0.1, -0.05) is 12.1 Å². The predicted octanol–water partition coefficient (Wildman–Crippen LogP) is 4.00. The van der Waals surface area contributed by atoms with Gasteiger partial charge in [-0.05, 0) is 30.2 Å². The van der Waals surface area contributed by atoms with Crippen LogP contribution < -0.4 is 9.47 Å². The summed E-state index contributed by atoms with van der Waals surface area (Å²) in [6.45, 7) is 3.68. The molecule has 0 amide bonds. The highest BCUT2D eigenvalue weighted by Crippen LogP contribution is 2.35. The van der Waals surface area contributed by atoms with Crippen molar-refractivity contribution in [1.29, 1.82) is 5.26 Å². The van der Waals surface area contributed by atoms with Crippen molar-refractivity contribution in [2.75, 3.05) is 7.11 Å². The number of hydrogen-bond acceptors (Lipinski definition) is 5. The molecule has 116 valence electrons. The largest absolute Gasteiger partial charge is 0.493 e. The number of hydrogen-bond donors (Lipinski definition) is 0. The minimum Gasteiger partial charge on any atom is -0.493 e. The number of nitro groups is 1. The Hall–Kier alpha value is -3.33. The molecule has 0 N–H and O–H groups in total. The van der Waals surface area contributed by atoms with E-state index in [1.165, 1.54) is 25.3 Å².